The Labute approximate surface area is 321 Å². The Bertz CT molecular complexity index is 2000. The third-order valence-electron chi connectivity index (χ3n) is 11.8. The van der Waals surface area contributed by atoms with Crippen LogP contribution in [0.25, 0.3) is 10.9 Å². The number of benzene rings is 1. The second kappa shape index (κ2) is 15.1. The van der Waals surface area contributed by atoms with Gasteiger partial charge in [-0.05, 0) is 77.8 Å². The summed E-state index contributed by atoms with van der Waals surface area (Å²) in [7, 11) is -2.40. The maximum Gasteiger partial charge on any atom is 0.318 e. The number of methoxy groups -OCH3 is 1. The van der Waals surface area contributed by atoms with E-state index in [0.29, 0.717) is 80.1 Å². The predicted molar refractivity (Wildman–Crippen MR) is 203 cm³/mol. The summed E-state index contributed by atoms with van der Waals surface area (Å²) in [6.45, 7) is 6.94. The van der Waals surface area contributed by atoms with Crippen molar-refractivity contribution in [3.63, 3.8) is 0 Å². The third kappa shape index (κ3) is 7.66. The topological polar surface area (TPSA) is 186 Å². The lowest BCUT2D eigenvalue weighted by molar-refractivity contribution is -0.141. The van der Waals surface area contributed by atoms with Crippen LogP contribution in [0, 0.1) is 12.8 Å². The smallest absolute Gasteiger partial charge is 0.318 e. The summed E-state index contributed by atoms with van der Waals surface area (Å²) < 4.78 is 45.6. The van der Waals surface area contributed by atoms with Crippen LogP contribution >= 0.6 is 0 Å². The van der Waals surface area contributed by atoms with Crippen LogP contribution in [0.1, 0.15) is 83.6 Å². The SMILES string of the molecule is CCOc1cc(O[C@@H]2C[C@H]3C(=O)N[C@]4(C(=O)NS(=O)(=O)C5(C)CC5)CC4/C=C\CCCCC[C@H](NC(=O)N4CCC4)C(=O)N3C2)c2ccc(OC)c(C)c2n1. The van der Waals surface area contributed by atoms with Crippen LogP contribution in [0.5, 0.6) is 17.4 Å². The molecule has 7 rings (SSSR count). The average molecular weight is 781 g/mol. The van der Waals surface area contributed by atoms with Gasteiger partial charge in [-0.2, -0.15) is 0 Å². The minimum absolute atomic E-state index is 0.0190. The monoisotopic (exact) mass is 780 g/mol. The van der Waals surface area contributed by atoms with Crippen LogP contribution in [-0.4, -0.2) is 109 Å². The third-order valence-corrected chi connectivity index (χ3v) is 14.0. The molecule has 5 atom stereocenters. The normalized spacial score (nSPS) is 28.3. The number of rotatable bonds is 9. The van der Waals surface area contributed by atoms with Crippen LogP contribution in [0.15, 0.2) is 30.4 Å². The minimum Gasteiger partial charge on any atom is -0.496 e. The Balaban J connectivity index is 1.21. The van der Waals surface area contributed by atoms with E-state index in [-0.39, 0.29) is 25.4 Å². The van der Waals surface area contributed by atoms with Crippen LogP contribution in [0.4, 0.5) is 4.79 Å². The van der Waals surface area contributed by atoms with E-state index in [1.54, 1.807) is 25.0 Å². The molecule has 5 amide bonds. The molecule has 15 nitrogen and oxygen atoms in total. The second-order valence-electron chi connectivity index (χ2n) is 15.7. The first-order chi connectivity index (χ1) is 26.3. The van der Waals surface area contributed by atoms with Crippen molar-refractivity contribution in [2.45, 2.75) is 113 Å². The zero-order chi connectivity index (χ0) is 39.1. The number of fused-ring (bicyclic) bond motifs is 3. The number of carbonyl (C=O) groups is 4. The summed E-state index contributed by atoms with van der Waals surface area (Å²) >= 11 is 0. The average Bonchev–Trinajstić information content (AvgIpc) is 4.00. The molecule has 1 unspecified atom stereocenters. The highest BCUT2D eigenvalue weighted by molar-refractivity contribution is 7.91. The lowest BCUT2D eigenvalue weighted by Crippen LogP contribution is -2.59. The molecule has 4 fully saturated rings. The van der Waals surface area contributed by atoms with E-state index in [1.165, 1.54) is 4.90 Å². The molecule has 298 valence electrons. The molecule has 0 radical (unpaired) electrons. The first-order valence-electron chi connectivity index (χ1n) is 19.5. The summed E-state index contributed by atoms with van der Waals surface area (Å²) in [6.07, 6.45) is 8.64. The molecular formula is C39H52N6O9S. The molecule has 0 spiro atoms. The minimum atomic E-state index is -3.98. The number of likely N-dealkylation sites (tertiary alicyclic amines) is 1. The lowest BCUT2D eigenvalue weighted by atomic mass is 10.0. The van der Waals surface area contributed by atoms with Gasteiger partial charge < -0.3 is 34.6 Å². The maximum atomic E-state index is 14.6. The highest BCUT2D eigenvalue weighted by Crippen LogP contribution is 2.47. The molecule has 16 heteroatoms. The molecule has 2 aromatic rings. The fourth-order valence-electron chi connectivity index (χ4n) is 7.78. The van der Waals surface area contributed by atoms with Gasteiger partial charge in [-0.25, -0.2) is 18.2 Å². The zero-order valence-electron chi connectivity index (χ0n) is 32.0. The van der Waals surface area contributed by atoms with Crippen LogP contribution < -0.4 is 29.6 Å². The number of sulfonamides is 1. The van der Waals surface area contributed by atoms with Crippen molar-refractivity contribution in [3.8, 4) is 17.4 Å². The van der Waals surface area contributed by atoms with Crippen molar-refractivity contribution in [2.75, 3.05) is 33.4 Å². The van der Waals surface area contributed by atoms with Crippen LogP contribution in [-0.2, 0) is 24.4 Å². The van der Waals surface area contributed by atoms with E-state index in [1.807, 2.05) is 38.1 Å². The van der Waals surface area contributed by atoms with Crippen molar-refractivity contribution in [2.24, 2.45) is 5.92 Å². The summed E-state index contributed by atoms with van der Waals surface area (Å²) in [5.41, 5.74) is -0.101. The maximum absolute atomic E-state index is 14.6. The fourth-order valence-corrected chi connectivity index (χ4v) is 9.10. The molecule has 3 N–H and O–H groups in total. The summed E-state index contributed by atoms with van der Waals surface area (Å²) in [4.78, 5) is 63.9. The quantitative estimate of drug-likeness (QED) is 0.319. The Kier molecular flexibility index (Phi) is 10.7. The number of aryl methyl sites for hydroxylation is 1. The second-order valence-corrected chi connectivity index (χ2v) is 17.9. The number of aromatic nitrogens is 1. The number of pyridine rings is 1. The van der Waals surface area contributed by atoms with Crippen molar-refractivity contribution in [1.29, 1.82) is 0 Å². The Morgan fingerprint density at radius 2 is 1.87 bits per heavy atom. The van der Waals surface area contributed by atoms with Gasteiger partial charge in [-0.15, -0.1) is 0 Å². The Hall–Kier alpha value is -4.60. The van der Waals surface area contributed by atoms with Crippen molar-refractivity contribution in [1.82, 2.24) is 30.1 Å². The number of urea groups is 1. The van der Waals surface area contributed by atoms with Gasteiger partial charge in [0.25, 0.3) is 5.91 Å². The van der Waals surface area contributed by atoms with Gasteiger partial charge in [0.2, 0.25) is 27.7 Å². The molecule has 55 heavy (non-hydrogen) atoms. The summed E-state index contributed by atoms with van der Waals surface area (Å²) in [5.74, 6) is -0.793. The van der Waals surface area contributed by atoms with E-state index in [2.05, 4.69) is 15.4 Å². The Morgan fingerprint density at radius 3 is 2.56 bits per heavy atom. The van der Waals surface area contributed by atoms with E-state index < -0.39 is 62.1 Å². The van der Waals surface area contributed by atoms with Gasteiger partial charge in [-0.3, -0.25) is 19.1 Å². The predicted octanol–water partition coefficient (Wildman–Crippen LogP) is 3.48. The lowest BCUT2D eigenvalue weighted by Gasteiger charge is -2.34. The summed E-state index contributed by atoms with van der Waals surface area (Å²) in [5, 5.41) is 6.56. The number of hydrogen-bond donors (Lipinski definition) is 3. The van der Waals surface area contributed by atoms with Crippen LogP contribution in [0.3, 0.4) is 0 Å². The largest absolute Gasteiger partial charge is 0.496 e. The van der Waals surface area contributed by atoms with E-state index in [4.69, 9.17) is 19.2 Å². The number of carbonyl (C=O) groups excluding carboxylic acids is 4. The number of amides is 5. The van der Waals surface area contributed by atoms with Gasteiger partial charge in [0, 0.05) is 42.4 Å². The van der Waals surface area contributed by atoms with E-state index in [0.717, 1.165) is 24.8 Å². The number of hydrogen-bond acceptors (Lipinski definition) is 10. The summed E-state index contributed by atoms with van der Waals surface area (Å²) in [6, 6.07) is 3.05. The Morgan fingerprint density at radius 1 is 1.09 bits per heavy atom. The molecule has 4 heterocycles. The van der Waals surface area contributed by atoms with Crippen molar-refractivity contribution in [3.05, 3.63) is 35.9 Å². The molecule has 3 aliphatic heterocycles. The van der Waals surface area contributed by atoms with Gasteiger partial charge in [-0.1, -0.05) is 25.0 Å². The van der Waals surface area contributed by atoms with Crippen molar-refractivity contribution >= 4 is 44.7 Å². The van der Waals surface area contributed by atoms with E-state index >= 15 is 0 Å². The van der Waals surface area contributed by atoms with E-state index in [9.17, 15) is 27.6 Å². The number of nitrogens with zero attached hydrogens (tertiary/aromatic N) is 3. The van der Waals surface area contributed by atoms with Gasteiger partial charge in [0.1, 0.15) is 35.2 Å². The van der Waals surface area contributed by atoms with Crippen molar-refractivity contribution < 1.29 is 41.8 Å². The molecular weight excluding hydrogens is 729 g/mol. The standard InChI is InChI=1S/C39H52N6O9S/c1-5-53-32-21-31(27-14-15-30(52-4)24(2)33(27)41-32)54-26-20-29-34(46)42-39(36(48)43-55(50,51)38(3)16-17-38)22-25(39)12-9-7-6-8-10-13-28(35(47)45(29)23-26)40-37(49)44-18-11-19-44/h9,12,14-15,21,25-26,28-29H,5-8,10-11,13,16-20,22-23H2,1-4H3,(H,40,49)(H,42,46)(H,43,48)/b12-9-/t25?,26-,28+,29+,39-/m1/s1. The highest BCUT2D eigenvalue weighted by Gasteiger charge is 2.63. The van der Waals surface area contributed by atoms with Gasteiger partial charge in [0.15, 0.2) is 0 Å². The van der Waals surface area contributed by atoms with Crippen LogP contribution in [0.2, 0.25) is 0 Å². The fraction of sp³-hybridized carbons (Fsp3) is 0.615. The highest BCUT2D eigenvalue weighted by atomic mass is 32.2. The number of ether oxygens (including phenoxy) is 3. The molecule has 0 bridgehead atoms. The number of nitrogens with one attached hydrogen (secondary N) is 3. The molecule has 2 saturated heterocycles. The van der Waals surface area contributed by atoms with Gasteiger partial charge >= 0.3 is 6.03 Å². The molecule has 5 aliphatic rings. The number of allylic oxidation sites excluding steroid dienone is 1. The first kappa shape index (κ1) is 38.7. The zero-order valence-corrected chi connectivity index (χ0v) is 32.8. The van der Waals surface area contributed by atoms with Gasteiger partial charge in [0.05, 0.1) is 30.5 Å². The molecule has 1 aromatic carbocycles. The molecule has 1 aromatic heterocycles. The molecule has 2 aliphatic carbocycles. The first-order valence-corrected chi connectivity index (χ1v) is 21.0. The molecule has 2 saturated carbocycles.